The van der Waals surface area contributed by atoms with Crippen LogP contribution in [0.5, 0.6) is 0 Å². The molecule has 0 saturated carbocycles. The van der Waals surface area contributed by atoms with Crippen LogP contribution in [0.15, 0.2) is 45.7 Å². The predicted molar refractivity (Wildman–Crippen MR) is 120 cm³/mol. The number of carbonyl (C=O) groups is 1. The monoisotopic (exact) mass is 429 g/mol. The van der Waals surface area contributed by atoms with Gasteiger partial charge in [0.05, 0.1) is 0 Å². The van der Waals surface area contributed by atoms with Crippen molar-refractivity contribution < 1.29 is 9.21 Å². The summed E-state index contributed by atoms with van der Waals surface area (Å²) in [5, 5.41) is 1.18. The minimum Gasteiger partial charge on any atom is -0.427 e. The van der Waals surface area contributed by atoms with E-state index in [-0.39, 0.29) is 29.9 Å². The van der Waals surface area contributed by atoms with Gasteiger partial charge in [0.2, 0.25) is 0 Å². The molecule has 1 fully saturated rings. The van der Waals surface area contributed by atoms with Crippen molar-refractivity contribution in [2.45, 2.75) is 45.1 Å². The Bertz CT molecular complexity index is 1090. The second-order valence-electron chi connectivity index (χ2n) is 7.90. The van der Waals surface area contributed by atoms with Crippen LogP contribution in [-0.4, -0.2) is 34.9 Å². The van der Waals surface area contributed by atoms with Crippen molar-refractivity contribution >= 4 is 29.2 Å². The number of hydrogen-bond acceptors (Lipinski definition) is 4. The van der Waals surface area contributed by atoms with Gasteiger partial charge in [-0.1, -0.05) is 18.2 Å². The average Bonchev–Trinajstić information content (AvgIpc) is 2.98. The molecule has 0 spiro atoms. The summed E-state index contributed by atoms with van der Waals surface area (Å²) in [4.78, 5) is 30.5. The van der Waals surface area contributed by atoms with Crippen LogP contribution in [0.4, 0.5) is 0 Å². The van der Waals surface area contributed by atoms with E-state index in [2.05, 4.69) is 11.1 Å². The number of para-hydroxylation sites is 1. The lowest BCUT2D eigenvalue weighted by atomic mass is 10.0. The minimum absolute atomic E-state index is 0. The number of rotatable bonds is 4. The molecule has 1 unspecified atom stereocenters. The standard InChI is InChI=1S/C23H27N3O3.ClH/c1-15-13-18(9-8-16-14-25-20-7-3-2-6-19(16)20)29-23(28)21(15)22(27)26-11-4-5-17(24)10-12-26;/h2-3,6-7,13-14,17,25H,4-5,8-12,24H2,1H3;1H. The smallest absolute Gasteiger partial charge is 0.349 e. The molecule has 3 heterocycles. The molecule has 4 rings (SSSR count). The molecule has 1 aliphatic heterocycles. The quantitative estimate of drug-likeness (QED) is 0.662. The van der Waals surface area contributed by atoms with E-state index in [1.54, 1.807) is 4.90 Å². The summed E-state index contributed by atoms with van der Waals surface area (Å²) in [5.41, 5.74) is 8.56. The van der Waals surface area contributed by atoms with Gasteiger partial charge in [0, 0.05) is 42.7 Å². The van der Waals surface area contributed by atoms with E-state index in [9.17, 15) is 9.59 Å². The molecule has 1 aromatic carbocycles. The van der Waals surface area contributed by atoms with Crippen LogP contribution in [0.3, 0.4) is 0 Å². The zero-order valence-electron chi connectivity index (χ0n) is 17.1. The van der Waals surface area contributed by atoms with Crippen molar-refractivity contribution in [1.82, 2.24) is 9.88 Å². The molecule has 1 saturated heterocycles. The highest BCUT2D eigenvalue weighted by Crippen LogP contribution is 2.20. The third kappa shape index (κ3) is 4.60. The molecule has 0 bridgehead atoms. The maximum absolute atomic E-state index is 12.9. The summed E-state index contributed by atoms with van der Waals surface area (Å²) in [6.45, 7) is 3.03. The Kier molecular flexibility index (Phi) is 7.00. The highest BCUT2D eigenvalue weighted by Gasteiger charge is 2.24. The average molecular weight is 430 g/mol. The molecule has 30 heavy (non-hydrogen) atoms. The van der Waals surface area contributed by atoms with E-state index >= 15 is 0 Å². The van der Waals surface area contributed by atoms with Gasteiger partial charge in [-0.05, 0) is 55.9 Å². The second-order valence-corrected chi connectivity index (χ2v) is 7.90. The van der Waals surface area contributed by atoms with Crippen LogP contribution >= 0.6 is 12.4 Å². The predicted octanol–water partition coefficient (Wildman–Crippen LogP) is 3.59. The number of halogens is 1. The third-order valence-corrected chi connectivity index (χ3v) is 5.79. The Morgan fingerprint density at radius 2 is 2.03 bits per heavy atom. The topological polar surface area (TPSA) is 92.3 Å². The fraction of sp³-hybridized carbons (Fsp3) is 0.391. The lowest BCUT2D eigenvalue weighted by Gasteiger charge is -2.20. The molecule has 160 valence electrons. The van der Waals surface area contributed by atoms with Gasteiger partial charge in [0.25, 0.3) is 5.91 Å². The Morgan fingerprint density at radius 1 is 1.23 bits per heavy atom. The molecule has 3 N–H and O–H groups in total. The molecule has 7 heteroatoms. The Balaban J connectivity index is 0.00000256. The van der Waals surface area contributed by atoms with Gasteiger partial charge in [-0.2, -0.15) is 0 Å². The molecule has 1 amide bonds. The highest BCUT2D eigenvalue weighted by molar-refractivity contribution is 5.95. The number of nitrogens with one attached hydrogen (secondary N) is 1. The molecule has 6 nitrogen and oxygen atoms in total. The normalized spacial score (nSPS) is 16.9. The first-order chi connectivity index (χ1) is 14.0. The summed E-state index contributed by atoms with van der Waals surface area (Å²) in [7, 11) is 0. The van der Waals surface area contributed by atoms with Crippen LogP contribution < -0.4 is 11.4 Å². The molecule has 1 aliphatic rings. The molecule has 2 aromatic heterocycles. The number of nitrogens with two attached hydrogens (primary N) is 1. The number of aromatic amines is 1. The van der Waals surface area contributed by atoms with E-state index in [1.807, 2.05) is 37.4 Å². The first-order valence-corrected chi connectivity index (χ1v) is 10.3. The highest BCUT2D eigenvalue weighted by atomic mass is 35.5. The van der Waals surface area contributed by atoms with E-state index < -0.39 is 5.63 Å². The number of benzene rings is 1. The summed E-state index contributed by atoms with van der Waals surface area (Å²) >= 11 is 0. The van der Waals surface area contributed by atoms with Gasteiger partial charge in [0.1, 0.15) is 11.3 Å². The van der Waals surface area contributed by atoms with Crippen LogP contribution in [0.25, 0.3) is 10.9 Å². The summed E-state index contributed by atoms with van der Waals surface area (Å²) in [5.74, 6) is 0.362. The van der Waals surface area contributed by atoms with Crippen molar-refractivity contribution in [3.05, 3.63) is 69.4 Å². The Hall–Kier alpha value is -2.57. The van der Waals surface area contributed by atoms with Crippen molar-refractivity contribution in [2.24, 2.45) is 5.73 Å². The number of nitrogens with zero attached hydrogens (tertiary/aromatic N) is 1. The van der Waals surface area contributed by atoms with E-state index in [0.29, 0.717) is 30.8 Å². The summed E-state index contributed by atoms with van der Waals surface area (Å²) in [6, 6.07) is 10.1. The zero-order chi connectivity index (χ0) is 20.4. The maximum Gasteiger partial charge on any atom is 0.349 e. The third-order valence-electron chi connectivity index (χ3n) is 5.79. The molecule has 3 aromatic rings. The van der Waals surface area contributed by atoms with Crippen LogP contribution in [0.1, 0.15) is 46.5 Å². The maximum atomic E-state index is 12.9. The van der Waals surface area contributed by atoms with Gasteiger partial charge >= 0.3 is 5.63 Å². The lowest BCUT2D eigenvalue weighted by molar-refractivity contribution is 0.0755. The molecule has 1 atom stereocenters. The first kappa shape index (κ1) is 22.1. The van der Waals surface area contributed by atoms with Crippen LogP contribution in [-0.2, 0) is 12.8 Å². The van der Waals surface area contributed by atoms with Gasteiger partial charge in [-0.15, -0.1) is 12.4 Å². The second kappa shape index (κ2) is 9.49. The van der Waals surface area contributed by atoms with Gasteiger partial charge in [-0.25, -0.2) is 4.79 Å². The summed E-state index contributed by atoms with van der Waals surface area (Å²) in [6.07, 6.45) is 5.88. The molecule has 0 radical (unpaired) electrons. The number of hydrogen-bond donors (Lipinski definition) is 2. The lowest BCUT2D eigenvalue weighted by Crippen LogP contribution is -2.36. The number of aryl methyl sites for hydroxylation is 3. The number of H-pyrrole nitrogens is 1. The Morgan fingerprint density at radius 3 is 2.83 bits per heavy atom. The molecular formula is C23H28ClN3O3. The van der Waals surface area contributed by atoms with Gasteiger partial charge < -0.3 is 20.0 Å². The van der Waals surface area contributed by atoms with Crippen molar-refractivity contribution in [3.8, 4) is 0 Å². The molecule has 0 aliphatic carbocycles. The number of aromatic nitrogens is 1. The van der Waals surface area contributed by atoms with Crippen molar-refractivity contribution in [2.75, 3.05) is 13.1 Å². The fourth-order valence-electron chi connectivity index (χ4n) is 4.13. The van der Waals surface area contributed by atoms with E-state index in [1.165, 1.54) is 10.9 Å². The van der Waals surface area contributed by atoms with Crippen LogP contribution in [0.2, 0.25) is 0 Å². The minimum atomic E-state index is -0.544. The molecular weight excluding hydrogens is 402 g/mol. The largest absolute Gasteiger partial charge is 0.427 e. The van der Waals surface area contributed by atoms with Gasteiger partial charge in [-0.3, -0.25) is 4.79 Å². The van der Waals surface area contributed by atoms with Crippen LogP contribution in [0, 0.1) is 6.92 Å². The number of fused-ring (bicyclic) bond motifs is 1. The van der Waals surface area contributed by atoms with Gasteiger partial charge in [0.15, 0.2) is 0 Å². The SMILES string of the molecule is Cc1cc(CCc2c[nH]c3ccccc23)oc(=O)c1C(=O)N1CCCC(N)CC1.Cl. The zero-order valence-corrected chi connectivity index (χ0v) is 18.0. The van der Waals surface area contributed by atoms with Crippen molar-refractivity contribution in [3.63, 3.8) is 0 Å². The first-order valence-electron chi connectivity index (χ1n) is 10.3. The Labute approximate surface area is 181 Å². The van der Waals surface area contributed by atoms with Crippen molar-refractivity contribution in [1.29, 1.82) is 0 Å². The van der Waals surface area contributed by atoms with E-state index in [0.717, 1.165) is 31.2 Å². The fourth-order valence-corrected chi connectivity index (χ4v) is 4.13. The number of amides is 1. The summed E-state index contributed by atoms with van der Waals surface area (Å²) < 4.78 is 5.53. The number of likely N-dealkylation sites (tertiary alicyclic amines) is 1. The number of carbonyl (C=O) groups excluding carboxylic acids is 1. The van der Waals surface area contributed by atoms with E-state index in [4.69, 9.17) is 10.2 Å².